The Morgan fingerprint density at radius 3 is 0.902 bits per heavy atom. The van der Waals surface area contributed by atoms with E-state index in [1.165, 1.54) is 145 Å². The van der Waals surface area contributed by atoms with Crippen LogP contribution in [0.25, 0.3) is 67.5 Å². The van der Waals surface area contributed by atoms with E-state index in [4.69, 9.17) is 0 Å². The average molecular weight is 1220 g/mol. The lowest BCUT2D eigenvalue weighted by Gasteiger charge is -2.07. The maximum atomic E-state index is 4.15. The molecule has 0 unspecified atom stereocenters. The zero-order valence-electron chi connectivity index (χ0n) is 58.6. The van der Waals surface area contributed by atoms with Gasteiger partial charge in [0, 0.05) is 111 Å². The molecule has 92 heavy (non-hydrogen) atoms. The first kappa shape index (κ1) is 69.6. The maximum Gasteiger partial charge on any atom is 0.214 e. The molecular formula is C85H99N7+6. The summed E-state index contributed by atoms with van der Waals surface area (Å²) in [7, 11) is 12.5. The summed E-state index contributed by atoms with van der Waals surface area (Å²) >= 11 is 0. The molecule has 0 saturated heterocycles. The first-order valence-corrected chi connectivity index (χ1v) is 31.9. The number of benzene rings is 5. The van der Waals surface area contributed by atoms with Crippen LogP contribution in [-0.4, -0.2) is 4.98 Å². The van der Waals surface area contributed by atoms with Crippen molar-refractivity contribution in [2.24, 2.45) is 42.3 Å². The van der Waals surface area contributed by atoms with Crippen LogP contribution in [0.4, 0.5) is 0 Å². The Kier molecular flexibility index (Phi) is 24.8. The normalized spacial score (nSPS) is 10.4. The van der Waals surface area contributed by atoms with E-state index in [1.54, 1.807) is 0 Å². The monoisotopic (exact) mass is 1220 g/mol. The number of nitrogens with zero attached hydrogens (tertiary/aromatic N) is 7. The van der Waals surface area contributed by atoms with Crippen LogP contribution in [-0.2, 0) is 42.3 Å². The number of hydrogen-bond acceptors (Lipinski definition) is 1. The second kappa shape index (κ2) is 32.8. The maximum absolute atomic E-state index is 4.15. The lowest BCUT2D eigenvalue weighted by Crippen LogP contribution is -2.31. The Hall–Kier alpha value is -9.85. The van der Waals surface area contributed by atoms with Crippen molar-refractivity contribution in [1.82, 2.24) is 4.98 Å². The highest BCUT2D eigenvalue weighted by Crippen LogP contribution is 2.26. The van der Waals surface area contributed by atoms with Crippen LogP contribution >= 0.6 is 0 Å². The Morgan fingerprint density at radius 2 is 0.533 bits per heavy atom. The van der Waals surface area contributed by atoms with E-state index in [0.29, 0.717) is 0 Å². The van der Waals surface area contributed by atoms with Gasteiger partial charge in [-0.1, -0.05) is 90.0 Å². The molecule has 0 bridgehead atoms. The first-order valence-electron chi connectivity index (χ1n) is 31.9. The molecule has 7 aromatic heterocycles. The van der Waals surface area contributed by atoms with E-state index in [1.807, 2.05) is 49.9 Å². The summed E-state index contributed by atoms with van der Waals surface area (Å²) in [5.74, 6) is 0. The minimum atomic E-state index is 1.19. The van der Waals surface area contributed by atoms with Crippen molar-refractivity contribution in [3.8, 4) is 67.5 Å². The van der Waals surface area contributed by atoms with Crippen LogP contribution < -0.4 is 27.4 Å². The van der Waals surface area contributed by atoms with Crippen molar-refractivity contribution in [3.05, 3.63) is 316 Å². The van der Waals surface area contributed by atoms with E-state index in [2.05, 4.69) is 359 Å². The molecule has 0 saturated carbocycles. The van der Waals surface area contributed by atoms with Gasteiger partial charge in [0.2, 0.25) is 34.2 Å². The highest BCUT2D eigenvalue weighted by Gasteiger charge is 2.18. The van der Waals surface area contributed by atoms with Gasteiger partial charge in [0.05, 0.1) is 5.56 Å². The Bertz CT molecular complexity index is 4250. The van der Waals surface area contributed by atoms with Gasteiger partial charge in [0.1, 0.15) is 42.3 Å². The Labute approximate surface area is 551 Å². The molecule has 0 aliphatic carbocycles. The van der Waals surface area contributed by atoms with Gasteiger partial charge in [-0.25, -0.2) is 27.4 Å². The summed E-state index contributed by atoms with van der Waals surface area (Å²) in [6, 6.07) is 66.3. The van der Waals surface area contributed by atoms with Crippen LogP contribution in [0.2, 0.25) is 0 Å². The molecule has 0 N–H and O–H groups in total. The highest BCUT2D eigenvalue weighted by molar-refractivity contribution is 5.65. The lowest BCUT2D eigenvalue weighted by atomic mass is 10.0. The van der Waals surface area contributed by atoms with Crippen LogP contribution in [0.1, 0.15) is 77.9 Å². The lowest BCUT2D eigenvalue weighted by molar-refractivity contribution is -0.660. The van der Waals surface area contributed by atoms with Crippen molar-refractivity contribution in [2.75, 3.05) is 0 Å². The molecule has 12 aromatic rings. The molecule has 0 atom stereocenters. The summed E-state index contributed by atoms with van der Waals surface area (Å²) in [5.41, 5.74) is 33.7. The molecule has 0 aliphatic heterocycles. The van der Waals surface area contributed by atoms with E-state index < -0.39 is 0 Å². The smallest absolute Gasteiger partial charge is 0.214 e. The largest absolute Gasteiger partial charge is 0.264 e. The molecule has 7 heteroatoms. The molecular weight excluding hydrogens is 1120 g/mol. The van der Waals surface area contributed by atoms with E-state index >= 15 is 0 Å². The first-order chi connectivity index (χ1) is 43.9. The highest BCUT2D eigenvalue weighted by atomic mass is 14.9. The van der Waals surface area contributed by atoms with Gasteiger partial charge in [-0.2, -0.15) is 0 Å². The van der Waals surface area contributed by atoms with Gasteiger partial charge in [-0.05, 0) is 202 Å². The fourth-order valence-corrected chi connectivity index (χ4v) is 11.5. The minimum absolute atomic E-state index is 1.19. The predicted molar refractivity (Wildman–Crippen MR) is 382 cm³/mol. The number of aromatic nitrogens is 7. The van der Waals surface area contributed by atoms with E-state index in [9.17, 15) is 0 Å². The average Bonchev–Trinajstić information content (AvgIpc) is 0.913. The third kappa shape index (κ3) is 18.6. The summed E-state index contributed by atoms with van der Waals surface area (Å²) in [6.45, 7) is 30.0. The standard InChI is InChI=1S/C16H20N.2C15H18N.C14H16N.C13H14N.C12H13N2/c1-11-6-7-15(13(3)8-11)16-9-12(2)14(4)10-17(16)5;1-11-5-7-14(13(3)9-11)15-8-6-12(2)10-16(15)4;1-11-7-5-6-8-14(11)15-9-12(2)13(3)10-16(15)4;1-11-8-9-14(15(3)10-11)13-7-5-4-6-12(13)2;1-11-7-3-4-8-12(11)13-9-5-6-10-14(13)2;1-10-6-7-13-9-11(10)12-5-3-4-8-14(12)2/h6-10H,1-5H3;2*5-10H,1-4H3;4-10H,1-3H3;3-10H,1-2H3;3-9H,1-2H3/q6*+1. The molecule has 0 amide bonds. The Balaban J connectivity index is 0.000000157. The molecule has 7 heterocycles. The fourth-order valence-electron chi connectivity index (χ4n) is 11.5. The van der Waals surface area contributed by atoms with Crippen molar-refractivity contribution in [2.45, 2.75) is 96.9 Å². The number of rotatable bonds is 6. The molecule has 7 nitrogen and oxygen atoms in total. The van der Waals surface area contributed by atoms with Gasteiger partial charge in [-0.15, -0.1) is 0 Å². The van der Waals surface area contributed by atoms with Gasteiger partial charge in [-0.3, -0.25) is 4.98 Å². The van der Waals surface area contributed by atoms with Crippen LogP contribution in [0.5, 0.6) is 0 Å². The van der Waals surface area contributed by atoms with Gasteiger partial charge in [0.15, 0.2) is 37.2 Å². The van der Waals surface area contributed by atoms with Crippen molar-refractivity contribution >= 4 is 0 Å². The number of hydrogen-bond donors (Lipinski definition) is 0. The molecule has 0 radical (unpaired) electrons. The summed E-state index contributed by atoms with van der Waals surface area (Å²) in [6.07, 6.45) is 16.5. The molecule has 0 fully saturated rings. The Morgan fingerprint density at radius 1 is 0.217 bits per heavy atom. The van der Waals surface area contributed by atoms with E-state index in [0.717, 1.165) is 0 Å². The second-order valence-electron chi connectivity index (χ2n) is 24.8. The van der Waals surface area contributed by atoms with Crippen molar-refractivity contribution in [3.63, 3.8) is 0 Å². The minimum Gasteiger partial charge on any atom is -0.264 e. The zero-order valence-corrected chi connectivity index (χ0v) is 58.6. The summed E-state index contributed by atoms with van der Waals surface area (Å²) in [5, 5.41) is 0. The third-order valence-electron chi connectivity index (χ3n) is 17.1. The van der Waals surface area contributed by atoms with Gasteiger partial charge < -0.3 is 0 Å². The summed E-state index contributed by atoms with van der Waals surface area (Å²) < 4.78 is 13.0. The number of aryl methyl sites for hydroxylation is 20. The predicted octanol–water partition coefficient (Wildman–Crippen LogP) is 16.8. The van der Waals surface area contributed by atoms with Gasteiger partial charge >= 0.3 is 0 Å². The fraction of sp³-hybridized carbons (Fsp3) is 0.235. The van der Waals surface area contributed by atoms with Gasteiger partial charge in [0.25, 0.3) is 0 Å². The van der Waals surface area contributed by atoms with Crippen molar-refractivity contribution in [1.29, 1.82) is 0 Å². The second-order valence-corrected chi connectivity index (χ2v) is 24.8. The molecule has 468 valence electrons. The van der Waals surface area contributed by atoms with Crippen LogP contribution in [0.3, 0.4) is 0 Å². The molecule has 0 spiro atoms. The molecule has 12 rings (SSSR count). The van der Waals surface area contributed by atoms with Crippen molar-refractivity contribution < 1.29 is 27.4 Å². The van der Waals surface area contributed by atoms with Crippen LogP contribution in [0, 0.1) is 96.9 Å². The quantitative estimate of drug-likeness (QED) is 0.153. The third-order valence-corrected chi connectivity index (χ3v) is 17.1. The topological polar surface area (TPSA) is 36.2 Å². The van der Waals surface area contributed by atoms with E-state index in [-0.39, 0.29) is 0 Å². The van der Waals surface area contributed by atoms with Crippen LogP contribution in [0.15, 0.2) is 238 Å². The summed E-state index contributed by atoms with van der Waals surface area (Å²) in [4.78, 5) is 4.15. The number of pyridine rings is 7. The molecule has 0 aliphatic rings. The zero-order chi connectivity index (χ0) is 66.8. The SMILES string of the molecule is Cc1cc(-c2ccccc2C)[n+](C)cc1C.Cc1ccc(-c2cc(C)c(C)c[n+]2C)c(C)c1.Cc1ccc(-c2ccc(C)c[n+]2C)c(C)c1.Cc1ccc(-c2ccccc2C)[n+](C)c1.Cc1ccccc1-c1cccc[n+]1C.Cc1ccncc1-c1cccc[n+]1C. The molecule has 5 aromatic carbocycles.